The number of imide groups is 1. The number of aliphatic hydroxyl groups excluding tert-OH is 1. The Balaban J connectivity index is 1.41. The fourth-order valence-electron chi connectivity index (χ4n) is 5.11. The van der Waals surface area contributed by atoms with E-state index in [1.165, 1.54) is 4.90 Å². The van der Waals surface area contributed by atoms with Crippen LogP contribution in [0.2, 0.25) is 0 Å². The molecule has 33 heavy (non-hydrogen) atoms. The highest BCUT2D eigenvalue weighted by Gasteiger charge is 2.49. The Morgan fingerprint density at radius 2 is 1.67 bits per heavy atom. The van der Waals surface area contributed by atoms with Crippen LogP contribution in [0.15, 0.2) is 36.4 Å². The number of amides is 4. The number of cyclic esters (lactones) is 1. The molecule has 2 fully saturated rings. The van der Waals surface area contributed by atoms with Crippen molar-refractivity contribution in [1.29, 1.82) is 0 Å². The summed E-state index contributed by atoms with van der Waals surface area (Å²) in [6.45, 7) is 0. The van der Waals surface area contributed by atoms with Crippen molar-refractivity contribution in [3.05, 3.63) is 47.5 Å². The number of fused-ring (bicyclic) bond motifs is 2. The second-order valence-electron chi connectivity index (χ2n) is 8.68. The normalized spacial score (nSPS) is 32.2. The minimum absolute atomic E-state index is 0.155. The summed E-state index contributed by atoms with van der Waals surface area (Å²) >= 11 is 0. The molecule has 10 nitrogen and oxygen atoms in total. The Bertz CT molecular complexity index is 1050. The quantitative estimate of drug-likeness (QED) is 0.377. The van der Waals surface area contributed by atoms with Crippen LogP contribution in [0.3, 0.4) is 0 Å². The number of ether oxygens (including phenoxy) is 1. The molecule has 0 bridgehead atoms. The molecular formula is C23H23N3O7. The van der Waals surface area contributed by atoms with Gasteiger partial charge < -0.3 is 20.1 Å². The molecule has 2 N–H and O–H groups in total. The Labute approximate surface area is 189 Å². The highest BCUT2D eigenvalue weighted by molar-refractivity contribution is 6.23. The number of carbonyl (C=O) groups is 5. The van der Waals surface area contributed by atoms with Gasteiger partial charge in [-0.05, 0) is 37.8 Å². The van der Waals surface area contributed by atoms with Gasteiger partial charge in [-0.1, -0.05) is 24.3 Å². The molecule has 1 aromatic carbocycles. The zero-order chi connectivity index (χ0) is 23.3. The Kier molecular flexibility index (Phi) is 5.24. The van der Waals surface area contributed by atoms with Crippen molar-refractivity contribution in [3.63, 3.8) is 0 Å². The smallest absolute Gasteiger partial charge is 0.310 e. The van der Waals surface area contributed by atoms with Crippen molar-refractivity contribution in [2.24, 2.45) is 0 Å². The van der Waals surface area contributed by atoms with Gasteiger partial charge in [0.15, 0.2) is 0 Å². The first-order valence-corrected chi connectivity index (χ1v) is 11.0. The lowest BCUT2D eigenvalue weighted by molar-refractivity contribution is -0.155. The molecule has 172 valence electrons. The van der Waals surface area contributed by atoms with Crippen molar-refractivity contribution in [3.8, 4) is 0 Å². The molecule has 0 aromatic heterocycles. The standard InChI is InChI=1S/C23H23N3O7/c27-18-11-15(23(32)33-18)24-19(28)16-10-9-12-5-1-4-8-17(22(31)25(12)16)26-20(29)13-6-2-3-7-14(13)21(26)30/h1-4,6-7,12,15-17,23,32H,5,8-11H2,(H,24,28)/b4-1-/t12-,15?,16+,17+,23?/m1/s1. The molecule has 4 heterocycles. The Hall–Kier alpha value is -3.53. The third-order valence-corrected chi connectivity index (χ3v) is 6.73. The highest BCUT2D eigenvalue weighted by Crippen LogP contribution is 2.33. The number of rotatable bonds is 3. The van der Waals surface area contributed by atoms with Crippen molar-refractivity contribution in [2.75, 3.05) is 0 Å². The molecular weight excluding hydrogens is 430 g/mol. The third kappa shape index (κ3) is 3.50. The summed E-state index contributed by atoms with van der Waals surface area (Å²) in [7, 11) is 0. The van der Waals surface area contributed by atoms with Crippen LogP contribution in [0.4, 0.5) is 0 Å². The second kappa shape index (κ2) is 8.11. The molecule has 0 saturated carbocycles. The predicted molar refractivity (Wildman–Crippen MR) is 111 cm³/mol. The summed E-state index contributed by atoms with van der Waals surface area (Å²) in [5.41, 5.74) is 0.516. The molecule has 5 atom stereocenters. The Morgan fingerprint density at radius 1 is 1.00 bits per heavy atom. The zero-order valence-electron chi connectivity index (χ0n) is 17.7. The van der Waals surface area contributed by atoms with Crippen molar-refractivity contribution in [2.45, 2.75) is 62.6 Å². The average Bonchev–Trinajstić information content (AvgIpc) is 3.42. The number of benzene rings is 1. The molecule has 2 unspecified atom stereocenters. The summed E-state index contributed by atoms with van der Waals surface area (Å²) in [5.74, 6) is -2.63. The molecule has 4 amide bonds. The van der Waals surface area contributed by atoms with Crippen LogP contribution in [0, 0.1) is 0 Å². The summed E-state index contributed by atoms with van der Waals surface area (Å²) < 4.78 is 4.67. The number of hydrogen-bond donors (Lipinski definition) is 2. The largest absolute Gasteiger partial charge is 0.434 e. The zero-order valence-corrected chi connectivity index (χ0v) is 17.7. The van der Waals surface area contributed by atoms with Gasteiger partial charge in [0.05, 0.1) is 17.5 Å². The molecule has 10 heteroatoms. The van der Waals surface area contributed by atoms with Gasteiger partial charge in [-0.15, -0.1) is 0 Å². The SMILES string of the molecule is O=C1CC(NC(=O)[C@@H]2CC[C@H]3C/C=C\C[C@H](N4C(=O)c5ccccc5C4=O)C(=O)N32)C(O)O1. The number of esters is 1. The maximum absolute atomic E-state index is 13.7. The molecule has 0 radical (unpaired) electrons. The first-order chi connectivity index (χ1) is 15.9. The topological polar surface area (TPSA) is 133 Å². The van der Waals surface area contributed by atoms with E-state index in [0.717, 1.165) is 4.90 Å². The van der Waals surface area contributed by atoms with Crippen molar-refractivity contribution < 1.29 is 33.8 Å². The first-order valence-electron chi connectivity index (χ1n) is 11.0. The number of hydrogen-bond acceptors (Lipinski definition) is 7. The van der Waals surface area contributed by atoms with Crippen molar-refractivity contribution >= 4 is 29.6 Å². The second-order valence-corrected chi connectivity index (χ2v) is 8.68. The number of nitrogens with one attached hydrogen (secondary N) is 1. The van der Waals surface area contributed by atoms with Gasteiger partial charge in [-0.2, -0.15) is 0 Å². The maximum Gasteiger partial charge on any atom is 0.310 e. The predicted octanol–water partition coefficient (Wildman–Crippen LogP) is 0.111. The van der Waals surface area contributed by atoms with Crippen LogP contribution >= 0.6 is 0 Å². The molecule has 0 spiro atoms. The lowest BCUT2D eigenvalue weighted by Gasteiger charge is -2.36. The summed E-state index contributed by atoms with van der Waals surface area (Å²) in [4.78, 5) is 66.6. The minimum Gasteiger partial charge on any atom is -0.434 e. The fourth-order valence-corrected chi connectivity index (χ4v) is 5.11. The van der Waals surface area contributed by atoms with Crippen LogP contribution in [0.1, 0.15) is 52.8 Å². The van der Waals surface area contributed by atoms with E-state index in [1.54, 1.807) is 30.3 Å². The monoisotopic (exact) mass is 453 g/mol. The van der Waals surface area contributed by atoms with Gasteiger partial charge in [0.25, 0.3) is 11.8 Å². The van der Waals surface area contributed by atoms with Gasteiger partial charge in [-0.3, -0.25) is 28.9 Å². The van der Waals surface area contributed by atoms with Crippen LogP contribution < -0.4 is 5.32 Å². The first kappa shape index (κ1) is 21.3. The fraction of sp³-hybridized carbons (Fsp3) is 0.435. The van der Waals surface area contributed by atoms with Gasteiger partial charge in [-0.25, -0.2) is 0 Å². The van der Waals surface area contributed by atoms with Crippen LogP contribution in [-0.2, 0) is 19.1 Å². The molecule has 4 aliphatic heterocycles. The van der Waals surface area contributed by atoms with E-state index in [1.807, 2.05) is 6.08 Å². The van der Waals surface area contributed by atoms with Gasteiger partial charge in [0.1, 0.15) is 18.1 Å². The Morgan fingerprint density at radius 3 is 2.30 bits per heavy atom. The molecule has 4 aliphatic rings. The van der Waals surface area contributed by atoms with Crippen LogP contribution in [0.25, 0.3) is 0 Å². The molecule has 1 aromatic rings. The summed E-state index contributed by atoms with van der Waals surface area (Å²) in [6.07, 6.45) is 3.79. The number of aliphatic hydroxyl groups is 1. The molecule has 0 aliphatic carbocycles. The lowest BCUT2D eigenvalue weighted by atomic mass is 10.0. The van der Waals surface area contributed by atoms with Crippen molar-refractivity contribution in [1.82, 2.24) is 15.1 Å². The van der Waals surface area contributed by atoms with E-state index in [2.05, 4.69) is 10.1 Å². The van der Waals surface area contributed by atoms with Crippen LogP contribution in [0.5, 0.6) is 0 Å². The lowest BCUT2D eigenvalue weighted by Crippen LogP contribution is -2.58. The summed E-state index contributed by atoms with van der Waals surface area (Å²) in [6, 6.07) is 3.40. The molecule has 5 rings (SSSR count). The van der Waals surface area contributed by atoms with Gasteiger partial charge in [0, 0.05) is 6.04 Å². The van der Waals surface area contributed by atoms with E-state index in [0.29, 0.717) is 19.3 Å². The van der Waals surface area contributed by atoms with E-state index in [-0.39, 0.29) is 30.0 Å². The van der Waals surface area contributed by atoms with Gasteiger partial charge >= 0.3 is 5.97 Å². The van der Waals surface area contributed by atoms with E-state index < -0.39 is 54.0 Å². The number of nitrogens with zero attached hydrogens (tertiary/aromatic N) is 2. The highest BCUT2D eigenvalue weighted by atomic mass is 16.6. The number of carbonyl (C=O) groups excluding carboxylic acids is 5. The van der Waals surface area contributed by atoms with Gasteiger partial charge in [0.2, 0.25) is 18.1 Å². The van der Waals surface area contributed by atoms with E-state index in [9.17, 15) is 29.1 Å². The van der Waals surface area contributed by atoms with E-state index >= 15 is 0 Å². The van der Waals surface area contributed by atoms with Crippen LogP contribution in [-0.4, -0.2) is 75.0 Å². The molecule has 2 saturated heterocycles. The third-order valence-electron chi connectivity index (χ3n) is 6.73. The maximum atomic E-state index is 13.7. The summed E-state index contributed by atoms with van der Waals surface area (Å²) in [5, 5.41) is 12.4. The minimum atomic E-state index is -1.43. The van der Waals surface area contributed by atoms with E-state index in [4.69, 9.17) is 0 Å². The average molecular weight is 453 g/mol.